The Morgan fingerprint density at radius 2 is 1.70 bits per heavy atom. The van der Waals surface area contributed by atoms with E-state index in [1.54, 1.807) is 16.7 Å². The van der Waals surface area contributed by atoms with E-state index in [-0.39, 0.29) is 23.6 Å². The highest BCUT2D eigenvalue weighted by Gasteiger charge is 2.29. The van der Waals surface area contributed by atoms with Gasteiger partial charge < -0.3 is 15.1 Å². The number of hydrogen-bond acceptors (Lipinski definition) is 4. The number of piperidine rings is 1. The lowest BCUT2D eigenvalue weighted by molar-refractivity contribution is -0.134. The lowest BCUT2D eigenvalue weighted by atomic mass is 9.95. The second kappa shape index (κ2) is 9.34. The van der Waals surface area contributed by atoms with Gasteiger partial charge in [-0.2, -0.15) is 0 Å². The number of amides is 3. The number of likely N-dealkylation sites (tertiary alicyclic amines) is 1. The topological polar surface area (TPSA) is 69.7 Å². The second-order valence-corrected chi connectivity index (χ2v) is 8.58. The van der Waals surface area contributed by atoms with Crippen molar-refractivity contribution in [2.24, 2.45) is 5.92 Å². The van der Waals surface area contributed by atoms with E-state index in [0.29, 0.717) is 44.6 Å². The van der Waals surface area contributed by atoms with Crippen molar-refractivity contribution >= 4 is 40.9 Å². The first-order chi connectivity index (χ1) is 14.6. The van der Waals surface area contributed by atoms with Crippen molar-refractivity contribution in [2.75, 3.05) is 35.6 Å². The summed E-state index contributed by atoms with van der Waals surface area (Å²) >= 11 is 1.54. The summed E-state index contributed by atoms with van der Waals surface area (Å²) in [7, 11) is 0. The molecule has 1 N–H and O–H groups in total. The van der Waals surface area contributed by atoms with Crippen LogP contribution in [0, 0.1) is 5.92 Å². The minimum atomic E-state index is -0.0816. The highest BCUT2D eigenvalue weighted by molar-refractivity contribution is 8.00. The summed E-state index contributed by atoms with van der Waals surface area (Å²) in [6.45, 7) is 1.54. The Bertz CT molecular complexity index is 926. The fraction of sp³-hybridized carbons (Fsp3) is 0.348. The summed E-state index contributed by atoms with van der Waals surface area (Å²) in [4.78, 5) is 42.2. The number of nitrogens with zero attached hydrogens (tertiary/aromatic N) is 2. The molecule has 156 valence electrons. The first kappa shape index (κ1) is 20.5. The average molecular weight is 424 g/mol. The van der Waals surface area contributed by atoms with E-state index < -0.39 is 0 Å². The smallest absolute Gasteiger partial charge is 0.237 e. The number of carbonyl (C=O) groups is 3. The third-order valence-corrected chi connectivity index (χ3v) is 6.66. The van der Waals surface area contributed by atoms with E-state index >= 15 is 0 Å². The molecule has 0 aliphatic carbocycles. The largest absolute Gasteiger partial charge is 0.343 e. The SMILES string of the molecule is O=C(Nc1ccccc1)C1CCN(C(=O)CCN2C(=O)CSc3ccccc32)CC1. The van der Waals surface area contributed by atoms with Gasteiger partial charge in [0.15, 0.2) is 0 Å². The van der Waals surface area contributed by atoms with E-state index in [1.807, 2.05) is 59.5 Å². The van der Waals surface area contributed by atoms with Crippen LogP contribution in [0.5, 0.6) is 0 Å². The van der Waals surface area contributed by atoms with Gasteiger partial charge >= 0.3 is 0 Å². The van der Waals surface area contributed by atoms with E-state index in [2.05, 4.69) is 5.32 Å². The van der Waals surface area contributed by atoms with E-state index in [4.69, 9.17) is 0 Å². The molecule has 1 fully saturated rings. The van der Waals surface area contributed by atoms with Crippen molar-refractivity contribution in [2.45, 2.75) is 24.2 Å². The summed E-state index contributed by atoms with van der Waals surface area (Å²) < 4.78 is 0. The lowest BCUT2D eigenvalue weighted by Gasteiger charge is -2.33. The van der Waals surface area contributed by atoms with Crippen LogP contribution >= 0.6 is 11.8 Å². The van der Waals surface area contributed by atoms with Crippen molar-refractivity contribution in [1.82, 2.24) is 4.90 Å². The van der Waals surface area contributed by atoms with Crippen LogP contribution in [0.15, 0.2) is 59.5 Å². The Balaban J connectivity index is 1.27. The molecule has 2 aliphatic heterocycles. The quantitative estimate of drug-likeness (QED) is 0.800. The lowest BCUT2D eigenvalue weighted by Crippen LogP contribution is -2.43. The number of hydrogen-bond donors (Lipinski definition) is 1. The Hall–Kier alpha value is -2.80. The molecule has 2 aromatic rings. The van der Waals surface area contributed by atoms with Gasteiger partial charge in [0, 0.05) is 42.6 Å². The standard InChI is InChI=1S/C23H25N3O3S/c27-21(12-15-26-19-8-4-5-9-20(19)30-16-22(26)28)25-13-10-17(11-14-25)23(29)24-18-6-2-1-3-7-18/h1-9,17H,10-16H2,(H,24,29). The molecule has 0 aromatic heterocycles. The van der Waals surface area contributed by atoms with Gasteiger partial charge in [-0.3, -0.25) is 14.4 Å². The molecule has 1 saturated heterocycles. The predicted octanol–water partition coefficient (Wildman–Crippen LogP) is 3.39. The Kier molecular flexibility index (Phi) is 6.38. The van der Waals surface area contributed by atoms with Gasteiger partial charge in [-0.25, -0.2) is 0 Å². The summed E-state index contributed by atoms with van der Waals surface area (Å²) in [6.07, 6.45) is 1.62. The zero-order chi connectivity index (χ0) is 20.9. The number of fused-ring (bicyclic) bond motifs is 1. The number of thioether (sulfide) groups is 1. The molecule has 0 bridgehead atoms. The Morgan fingerprint density at radius 3 is 2.47 bits per heavy atom. The van der Waals surface area contributed by atoms with E-state index in [9.17, 15) is 14.4 Å². The molecule has 30 heavy (non-hydrogen) atoms. The van der Waals surface area contributed by atoms with Crippen LogP contribution < -0.4 is 10.2 Å². The van der Waals surface area contributed by atoms with Gasteiger partial charge in [0.05, 0.1) is 11.4 Å². The van der Waals surface area contributed by atoms with Crippen LogP contribution in [-0.4, -0.2) is 48.0 Å². The van der Waals surface area contributed by atoms with Gasteiger partial charge in [0.25, 0.3) is 0 Å². The first-order valence-electron chi connectivity index (χ1n) is 10.3. The minimum absolute atomic E-state index is 0.0151. The van der Waals surface area contributed by atoms with Crippen LogP contribution in [-0.2, 0) is 14.4 Å². The fourth-order valence-corrected chi connectivity index (χ4v) is 4.86. The molecule has 3 amide bonds. The van der Waals surface area contributed by atoms with Crippen LogP contribution in [0.25, 0.3) is 0 Å². The molecular weight excluding hydrogens is 398 g/mol. The van der Waals surface area contributed by atoms with Crippen LogP contribution in [0.4, 0.5) is 11.4 Å². The second-order valence-electron chi connectivity index (χ2n) is 7.56. The molecular formula is C23H25N3O3S. The van der Waals surface area contributed by atoms with Crippen molar-refractivity contribution in [3.63, 3.8) is 0 Å². The average Bonchev–Trinajstić information content (AvgIpc) is 2.79. The van der Waals surface area contributed by atoms with Crippen molar-refractivity contribution in [1.29, 1.82) is 0 Å². The number of para-hydroxylation sites is 2. The normalized spacial score (nSPS) is 16.9. The molecule has 2 aliphatic rings. The van der Waals surface area contributed by atoms with E-state index in [0.717, 1.165) is 16.3 Å². The summed E-state index contributed by atoms with van der Waals surface area (Å²) in [6, 6.07) is 17.2. The van der Waals surface area contributed by atoms with Crippen LogP contribution in [0.1, 0.15) is 19.3 Å². The summed E-state index contributed by atoms with van der Waals surface area (Å²) in [5.41, 5.74) is 1.69. The summed E-state index contributed by atoms with van der Waals surface area (Å²) in [5, 5.41) is 2.95. The molecule has 0 saturated carbocycles. The first-order valence-corrected chi connectivity index (χ1v) is 11.3. The van der Waals surface area contributed by atoms with Crippen molar-refractivity contribution < 1.29 is 14.4 Å². The maximum atomic E-state index is 12.7. The fourth-order valence-electron chi connectivity index (χ4n) is 3.92. The number of carbonyl (C=O) groups excluding carboxylic acids is 3. The summed E-state index contributed by atoms with van der Waals surface area (Å²) in [5.74, 6) is 0.430. The minimum Gasteiger partial charge on any atom is -0.343 e. The number of anilines is 2. The van der Waals surface area contributed by atoms with Crippen LogP contribution in [0.3, 0.4) is 0 Å². The maximum Gasteiger partial charge on any atom is 0.237 e. The molecule has 0 unspecified atom stereocenters. The molecule has 0 radical (unpaired) electrons. The molecule has 7 heteroatoms. The zero-order valence-electron chi connectivity index (χ0n) is 16.8. The van der Waals surface area contributed by atoms with Crippen molar-refractivity contribution in [3.8, 4) is 0 Å². The highest BCUT2D eigenvalue weighted by atomic mass is 32.2. The molecule has 2 heterocycles. The van der Waals surface area contributed by atoms with Crippen LogP contribution in [0.2, 0.25) is 0 Å². The molecule has 6 nitrogen and oxygen atoms in total. The van der Waals surface area contributed by atoms with Gasteiger partial charge in [-0.1, -0.05) is 30.3 Å². The van der Waals surface area contributed by atoms with E-state index in [1.165, 1.54) is 0 Å². The van der Waals surface area contributed by atoms with Crippen molar-refractivity contribution in [3.05, 3.63) is 54.6 Å². The number of rotatable bonds is 5. The predicted molar refractivity (Wildman–Crippen MR) is 119 cm³/mol. The van der Waals surface area contributed by atoms with Gasteiger partial charge in [-0.05, 0) is 37.1 Å². The van der Waals surface area contributed by atoms with Gasteiger partial charge in [-0.15, -0.1) is 11.8 Å². The third kappa shape index (κ3) is 4.67. The third-order valence-electron chi connectivity index (χ3n) is 5.62. The maximum absolute atomic E-state index is 12.7. The molecule has 0 atom stereocenters. The van der Waals surface area contributed by atoms with Gasteiger partial charge in [0.1, 0.15) is 0 Å². The van der Waals surface area contributed by atoms with Gasteiger partial charge in [0.2, 0.25) is 17.7 Å². The Morgan fingerprint density at radius 1 is 1.00 bits per heavy atom. The Labute approximate surface area is 180 Å². The number of benzene rings is 2. The molecule has 2 aromatic carbocycles. The number of nitrogens with one attached hydrogen (secondary N) is 1. The highest BCUT2D eigenvalue weighted by Crippen LogP contribution is 2.35. The molecule has 4 rings (SSSR count). The molecule has 0 spiro atoms. The monoisotopic (exact) mass is 423 g/mol. The zero-order valence-corrected chi connectivity index (χ0v) is 17.6.